The molecule has 0 fully saturated rings. The smallest absolute Gasteiger partial charge is 0.441 e. The number of nitrogens with one attached hydrogen (secondary N) is 1. The van der Waals surface area contributed by atoms with E-state index in [4.69, 9.17) is 5.11 Å². The van der Waals surface area contributed by atoms with E-state index in [1.54, 1.807) is 6.07 Å². The fraction of sp³-hybridized carbons (Fsp3) is 0.300. The van der Waals surface area contributed by atoms with Crippen molar-refractivity contribution in [2.45, 2.75) is 5.51 Å². The number of thioether (sulfide) groups is 1. The fourth-order valence-corrected chi connectivity index (χ4v) is 2.00. The Bertz CT molecular complexity index is 440. The van der Waals surface area contributed by atoms with Crippen LogP contribution in [0, 0.1) is 0 Å². The highest BCUT2D eigenvalue weighted by Crippen LogP contribution is 2.30. The summed E-state index contributed by atoms with van der Waals surface area (Å²) in [4.78, 5) is 10.9. The van der Waals surface area contributed by atoms with Crippen LogP contribution in [-0.4, -0.2) is 28.9 Å². The Morgan fingerprint density at radius 3 is 2.67 bits per heavy atom. The number of anilines is 1. The molecule has 100 valence electrons. The molecule has 0 aliphatic rings. The van der Waals surface area contributed by atoms with E-state index in [9.17, 15) is 18.0 Å². The zero-order valence-corrected chi connectivity index (χ0v) is 11.3. The van der Waals surface area contributed by atoms with Gasteiger partial charge in [0.2, 0.25) is 0 Å². The van der Waals surface area contributed by atoms with E-state index in [-0.39, 0.29) is 29.6 Å². The first-order chi connectivity index (χ1) is 8.29. The van der Waals surface area contributed by atoms with Gasteiger partial charge < -0.3 is 10.4 Å². The van der Waals surface area contributed by atoms with E-state index >= 15 is 0 Å². The molecule has 1 aromatic rings. The van der Waals surface area contributed by atoms with Crippen molar-refractivity contribution >= 4 is 39.3 Å². The van der Waals surface area contributed by atoms with Gasteiger partial charge in [-0.15, -0.1) is 0 Å². The molecule has 8 heteroatoms. The first kappa shape index (κ1) is 15.2. The van der Waals surface area contributed by atoms with Crippen molar-refractivity contribution in [2.24, 2.45) is 0 Å². The molecule has 0 aliphatic heterocycles. The molecule has 0 atom stereocenters. The number of alkyl halides is 3. The number of aromatic carboxylic acids is 1. The molecule has 0 bridgehead atoms. The lowest BCUT2D eigenvalue weighted by atomic mass is 10.2. The molecule has 0 heterocycles. The third kappa shape index (κ3) is 5.18. The molecule has 0 saturated carbocycles. The summed E-state index contributed by atoms with van der Waals surface area (Å²) < 4.78 is 36.3. The monoisotopic (exact) mass is 343 g/mol. The highest BCUT2D eigenvalue weighted by Gasteiger charge is 2.27. The number of rotatable bonds is 5. The second-order valence-electron chi connectivity index (χ2n) is 3.22. The lowest BCUT2D eigenvalue weighted by Crippen LogP contribution is -2.12. The zero-order valence-electron chi connectivity index (χ0n) is 8.92. The topological polar surface area (TPSA) is 49.3 Å². The first-order valence-corrected chi connectivity index (χ1v) is 6.55. The largest absolute Gasteiger partial charge is 0.478 e. The maximum atomic E-state index is 11.9. The van der Waals surface area contributed by atoms with Gasteiger partial charge in [0, 0.05) is 22.5 Å². The van der Waals surface area contributed by atoms with Crippen LogP contribution in [0.15, 0.2) is 22.7 Å². The molecular weight excluding hydrogens is 335 g/mol. The highest BCUT2D eigenvalue weighted by molar-refractivity contribution is 9.10. The Hall–Kier alpha value is -0.890. The van der Waals surface area contributed by atoms with Gasteiger partial charge in [-0.2, -0.15) is 13.2 Å². The number of benzene rings is 1. The summed E-state index contributed by atoms with van der Waals surface area (Å²) in [5.74, 6) is -1.32. The van der Waals surface area contributed by atoms with Gasteiger partial charge >= 0.3 is 11.5 Å². The summed E-state index contributed by atoms with van der Waals surface area (Å²) in [6, 6.07) is 4.45. The minimum atomic E-state index is -4.27. The molecule has 0 amide bonds. The SMILES string of the molecule is O=C(O)c1ccc(Br)cc1NCCSC(F)(F)F. The summed E-state index contributed by atoms with van der Waals surface area (Å²) >= 11 is 3.02. The van der Waals surface area contributed by atoms with E-state index < -0.39 is 11.5 Å². The lowest BCUT2D eigenvalue weighted by molar-refractivity contribution is -0.0327. The summed E-state index contributed by atoms with van der Waals surface area (Å²) in [5, 5.41) is 11.6. The minimum Gasteiger partial charge on any atom is -0.478 e. The molecule has 3 nitrogen and oxygen atoms in total. The normalized spacial score (nSPS) is 11.3. The molecule has 1 aromatic carbocycles. The molecule has 0 spiro atoms. The molecule has 0 aliphatic carbocycles. The van der Waals surface area contributed by atoms with Crippen LogP contribution in [0.1, 0.15) is 10.4 Å². The summed E-state index contributed by atoms with van der Waals surface area (Å²) in [7, 11) is 0. The summed E-state index contributed by atoms with van der Waals surface area (Å²) in [5.41, 5.74) is -3.95. The molecule has 0 aromatic heterocycles. The number of halogens is 4. The third-order valence-electron chi connectivity index (χ3n) is 1.90. The fourth-order valence-electron chi connectivity index (χ4n) is 1.20. The number of hydrogen-bond acceptors (Lipinski definition) is 3. The average molecular weight is 344 g/mol. The van der Waals surface area contributed by atoms with Crippen LogP contribution in [-0.2, 0) is 0 Å². The molecule has 2 N–H and O–H groups in total. The number of carbonyl (C=O) groups is 1. The van der Waals surface area contributed by atoms with Crippen LogP contribution < -0.4 is 5.32 Å². The van der Waals surface area contributed by atoms with Crippen molar-refractivity contribution in [1.82, 2.24) is 0 Å². The van der Waals surface area contributed by atoms with Gasteiger partial charge in [-0.3, -0.25) is 0 Å². The van der Waals surface area contributed by atoms with E-state index in [0.717, 1.165) is 0 Å². The van der Waals surface area contributed by atoms with Gasteiger partial charge in [0.15, 0.2) is 0 Å². The predicted molar refractivity (Wildman–Crippen MR) is 68.1 cm³/mol. The Labute approximate surface area is 114 Å². The number of hydrogen-bond donors (Lipinski definition) is 2. The van der Waals surface area contributed by atoms with E-state index in [1.165, 1.54) is 12.1 Å². The number of carboxylic acid groups (broad SMARTS) is 1. The van der Waals surface area contributed by atoms with Crippen LogP contribution in [0.2, 0.25) is 0 Å². The van der Waals surface area contributed by atoms with E-state index in [2.05, 4.69) is 21.2 Å². The van der Waals surface area contributed by atoms with E-state index in [1.807, 2.05) is 0 Å². The lowest BCUT2D eigenvalue weighted by Gasteiger charge is -2.10. The molecule has 0 saturated heterocycles. The van der Waals surface area contributed by atoms with Crippen molar-refractivity contribution in [3.05, 3.63) is 28.2 Å². The van der Waals surface area contributed by atoms with E-state index in [0.29, 0.717) is 10.2 Å². The quantitative estimate of drug-likeness (QED) is 0.798. The van der Waals surface area contributed by atoms with Crippen LogP contribution in [0.4, 0.5) is 18.9 Å². The predicted octanol–water partition coefficient (Wildman–Crippen LogP) is 3.81. The molecule has 0 radical (unpaired) electrons. The van der Waals surface area contributed by atoms with Crippen molar-refractivity contribution in [3.8, 4) is 0 Å². The van der Waals surface area contributed by atoms with Gasteiger partial charge in [-0.25, -0.2) is 4.79 Å². The standard InChI is InChI=1S/C10H9BrF3NO2S/c11-6-1-2-7(9(16)17)8(5-6)15-3-4-18-10(12,13)14/h1-2,5,15H,3-4H2,(H,16,17). The Balaban J connectivity index is 2.61. The third-order valence-corrected chi connectivity index (χ3v) is 3.12. The van der Waals surface area contributed by atoms with Crippen molar-refractivity contribution in [1.29, 1.82) is 0 Å². The van der Waals surface area contributed by atoms with Gasteiger partial charge in [0.05, 0.1) is 5.56 Å². The Morgan fingerprint density at radius 2 is 2.11 bits per heavy atom. The Kier molecular flexibility index (Phi) is 5.33. The molecule has 18 heavy (non-hydrogen) atoms. The van der Waals surface area contributed by atoms with Gasteiger partial charge in [-0.1, -0.05) is 15.9 Å². The van der Waals surface area contributed by atoms with Crippen molar-refractivity contribution in [3.63, 3.8) is 0 Å². The molecule has 1 rings (SSSR count). The Morgan fingerprint density at radius 1 is 1.44 bits per heavy atom. The average Bonchev–Trinajstić information content (AvgIpc) is 2.22. The first-order valence-electron chi connectivity index (χ1n) is 4.77. The van der Waals surface area contributed by atoms with Crippen molar-refractivity contribution < 1.29 is 23.1 Å². The second-order valence-corrected chi connectivity index (χ2v) is 5.29. The van der Waals surface area contributed by atoms with Crippen LogP contribution in [0.25, 0.3) is 0 Å². The van der Waals surface area contributed by atoms with Crippen LogP contribution in [0.5, 0.6) is 0 Å². The number of carboxylic acids is 1. The summed E-state index contributed by atoms with van der Waals surface area (Å²) in [6.45, 7) is 0.0287. The van der Waals surface area contributed by atoms with Gasteiger partial charge in [0.1, 0.15) is 0 Å². The minimum absolute atomic E-state index is 0.0233. The maximum Gasteiger partial charge on any atom is 0.441 e. The summed E-state index contributed by atoms with van der Waals surface area (Å²) in [6.07, 6.45) is 0. The van der Waals surface area contributed by atoms with Crippen molar-refractivity contribution in [2.75, 3.05) is 17.6 Å². The van der Waals surface area contributed by atoms with Gasteiger partial charge in [-0.05, 0) is 30.0 Å². The van der Waals surface area contributed by atoms with Crippen LogP contribution in [0.3, 0.4) is 0 Å². The zero-order chi connectivity index (χ0) is 13.8. The molecule has 0 unspecified atom stereocenters. The molecular formula is C10H9BrF3NO2S. The highest BCUT2D eigenvalue weighted by atomic mass is 79.9. The second kappa shape index (κ2) is 6.33. The van der Waals surface area contributed by atoms with Gasteiger partial charge in [0.25, 0.3) is 0 Å². The van der Waals surface area contributed by atoms with Crippen LogP contribution >= 0.6 is 27.7 Å². The maximum absolute atomic E-state index is 11.9.